The number of halogens is 1. The average Bonchev–Trinajstić information content (AvgIpc) is 2.95. The Hall–Kier alpha value is -1.19. The number of hydrogen-bond donors (Lipinski definition) is 2. The summed E-state index contributed by atoms with van der Waals surface area (Å²) in [6, 6.07) is 8.71. The number of thiazole rings is 1. The zero-order valence-corrected chi connectivity index (χ0v) is 20.1. The Morgan fingerprint density at radius 3 is 2.59 bits per heavy atom. The standard InChI is InChI=1S/C20H31N5S.HI/c1-6-25(5)14-18-9-7-8-17(12-18)13-23-20(21-4)22-11-10-19-24-15(2)16(3)26-19;/h7-9,12H,6,10-11,13-14H2,1-5H3,(H2,21,22,23);1H. The van der Waals surface area contributed by atoms with Gasteiger partial charge in [-0.25, -0.2) is 4.98 Å². The summed E-state index contributed by atoms with van der Waals surface area (Å²) in [6.45, 7) is 9.98. The summed E-state index contributed by atoms with van der Waals surface area (Å²) in [5, 5.41) is 7.94. The predicted octanol–water partition coefficient (Wildman–Crippen LogP) is 3.74. The third kappa shape index (κ3) is 8.15. The van der Waals surface area contributed by atoms with Gasteiger partial charge in [0.1, 0.15) is 0 Å². The fourth-order valence-corrected chi connectivity index (χ4v) is 3.54. The van der Waals surface area contributed by atoms with Crippen LogP contribution in [0.15, 0.2) is 29.3 Å². The Labute approximate surface area is 184 Å². The van der Waals surface area contributed by atoms with Crippen molar-refractivity contribution in [3.8, 4) is 0 Å². The van der Waals surface area contributed by atoms with E-state index < -0.39 is 0 Å². The molecule has 0 unspecified atom stereocenters. The molecule has 1 heterocycles. The molecule has 0 bridgehead atoms. The number of benzene rings is 1. The highest BCUT2D eigenvalue weighted by Gasteiger charge is 2.05. The molecule has 2 rings (SSSR count). The van der Waals surface area contributed by atoms with Crippen molar-refractivity contribution >= 4 is 41.3 Å². The van der Waals surface area contributed by atoms with Crippen molar-refractivity contribution < 1.29 is 0 Å². The van der Waals surface area contributed by atoms with Gasteiger partial charge in [0.25, 0.3) is 0 Å². The van der Waals surface area contributed by atoms with Crippen LogP contribution in [-0.2, 0) is 19.5 Å². The van der Waals surface area contributed by atoms with Gasteiger partial charge in [-0.3, -0.25) is 4.99 Å². The van der Waals surface area contributed by atoms with Gasteiger partial charge in [0.05, 0.1) is 10.7 Å². The smallest absolute Gasteiger partial charge is 0.191 e. The van der Waals surface area contributed by atoms with E-state index in [2.05, 4.69) is 77.6 Å². The van der Waals surface area contributed by atoms with Gasteiger partial charge >= 0.3 is 0 Å². The molecule has 5 nitrogen and oxygen atoms in total. The topological polar surface area (TPSA) is 52.5 Å². The lowest BCUT2D eigenvalue weighted by Crippen LogP contribution is -2.37. The van der Waals surface area contributed by atoms with Crippen LogP contribution < -0.4 is 10.6 Å². The first-order valence-corrected chi connectivity index (χ1v) is 9.97. The molecule has 0 aliphatic carbocycles. The number of nitrogens with zero attached hydrogens (tertiary/aromatic N) is 3. The molecule has 27 heavy (non-hydrogen) atoms. The normalized spacial score (nSPS) is 11.4. The zero-order chi connectivity index (χ0) is 18.9. The van der Waals surface area contributed by atoms with E-state index in [0.717, 1.165) is 44.3 Å². The predicted molar refractivity (Wildman–Crippen MR) is 127 cm³/mol. The van der Waals surface area contributed by atoms with E-state index in [-0.39, 0.29) is 24.0 Å². The Bertz CT molecular complexity index is 709. The molecule has 150 valence electrons. The molecule has 0 spiro atoms. The molecule has 7 heteroatoms. The maximum Gasteiger partial charge on any atom is 0.191 e. The second kappa shape index (κ2) is 12.3. The lowest BCUT2D eigenvalue weighted by molar-refractivity contribution is 0.345. The van der Waals surface area contributed by atoms with Crippen LogP contribution >= 0.6 is 35.3 Å². The highest BCUT2D eigenvalue weighted by Crippen LogP contribution is 2.16. The molecule has 0 fully saturated rings. The molecule has 0 atom stereocenters. The minimum absolute atomic E-state index is 0. The largest absolute Gasteiger partial charge is 0.356 e. The van der Waals surface area contributed by atoms with Gasteiger partial charge in [-0.05, 0) is 38.6 Å². The van der Waals surface area contributed by atoms with Crippen molar-refractivity contribution in [1.29, 1.82) is 0 Å². The lowest BCUT2D eigenvalue weighted by Gasteiger charge is -2.15. The highest BCUT2D eigenvalue weighted by molar-refractivity contribution is 14.0. The number of aryl methyl sites for hydroxylation is 2. The first-order valence-electron chi connectivity index (χ1n) is 9.15. The van der Waals surface area contributed by atoms with Crippen molar-refractivity contribution in [1.82, 2.24) is 20.5 Å². The highest BCUT2D eigenvalue weighted by atomic mass is 127. The summed E-state index contributed by atoms with van der Waals surface area (Å²) >= 11 is 1.78. The number of hydrogen-bond acceptors (Lipinski definition) is 4. The molecule has 0 aliphatic heterocycles. The van der Waals surface area contributed by atoms with Gasteiger partial charge in [0.15, 0.2) is 5.96 Å². The summed E-state index contributed by atoms with van der Waals surface area (Å²) in [6.07, 6.45) is 0.916. The van der Waals surface area contributed by atoms with Gasteiger partial charge in [-0.1, -0.05) is 31.2 Å². The molecule has 0 aliphatic rings. The van der Waals surface area contributed by atoms with E-state index in [4.69, 9.17) is 0 Å². The maximum atomic E-state index is 4.58. The number of guanidine groups is 1. The summed E-state index contributed by atoms with van der Waals surface area (Å²) in [7, 11) is 3.95. The number of nitrogens with one attached hydrogen (secondary N) is 2. The lowest BCUT2D eigenvalue weighted by atomic mass is 10.1. The number of rotatable bonds is 8. The van der Waals surface area contributed by atoms with Crippen LogP contribution in [0.25, 0.3) is 0 Å². The van der Waals surface area contributed by atoms with Crippen LogP contribution in [0, 0.1) is 13.8 Å². The molecule has 2 N–H and O–H groups in total. The van der Waals surface area contributed by atoms with E-state index in [1.165, 1.54) is 21.0 Å². The van der Waals surface area contributed by atoms with Crippen LogP contribution in [0.2, 0.25) is 0 Å². The maximum absolute atomic E-state index is 4.58. The first kappa shape index (κ1) is 23.8. The summed E-state index contributed by atoms with van der Waals surface area (Å²) in [4.78, 5) is 12.5. The van der Waals surface area contributed by atoms with E-state index in [0.29, 0.717) is 0 Å². The Kier molecular flexibility index (Phi) is 10.9. The molecule has 1 aromatic carbocycles. The first-order chi connectivity index (χ1) is 12.5. The molecule has 0 radical (unpaired) electrons. The molecular formula is C20H32IN5S. The summed E-state index contributed by atoms with van der Waals surface area (Å²) in [5.41, 5.74) is 3.74. The second-order valence-electron chi connectivity index (χ2n) is 6.50. The van der Waals surface area contributed by atoms with Crippen molar-refractivity contribution in [2.75, 3.05) is 27.2 Å². The molecule has 0 saturated carbocycles. The fraction of sp³-hybridized carbons (Fsp3) is 0.500. The Morgan fingerprint density at radius 2 is 1.96 bits per heavy atom. The van der Waals surface area contributed by atoms with Gasteiger partial charge in [-0.2, -0.15) is 0 Å². The van der Waals surface area contributed by atoms with Crippen molar-refractivity contribution in [3.05, 3.63) is 51.0 Å². The zero-order valence-electron chi connectivity index (χ0n) is 17.0. The van der Waals surface area contributed by atoms with Crippen LogP contribution in [0.5, 0.6) is 0 Å². The summed E-state index contributed by atoms with van der Waals surface area (Å²) in [5.74, 6) is 0.825. The SMILES string of the molecule is CCN(C)Cc1cccc(CNC(=NC)NCCc2nc(C)c(C)s2)c1.I. The van der Waals surface area contributed by atoms with E-state index in [9.17, 15) is 0 Å². The van der Waals surface area contributed by atoms with Crippen molar-refractivity contribution in [2.45, 2.75) is 40.3 Å². The molecular weight excluding hydrogens is 469 g/mol. The summed E-state index contributed by atoms with van der Waals surface area (Å²) < 4.78 is 0. The third-order valence-corrected chi connectivity index (χ3v) is 5.50. The van der Waals surface area contributed by atoms with Gasteiger partial charge < -0.3 is 15.5 Å². The van der Waals surface area contributed by atoms with Crippen molar-refractivity contribution in [2.24, 2.45) is 4.99 Å². The third-order valence-electron chi connectivity index (χ3n) is 4.37. The van der Waals surface area contributed by atoms with Crippen LogP contribution in [0.3, 0.4) is 0 Å². The van der Waals surface area contributed by atoms with E-state index >= 15 is 0 Å². The minimum Gasteiger partial charge on any atom is -0.356 e. The van der Waals surface area contributed by atoms with Crippen LogP contribution in [0.1, 0.15) is 33.6 Å². The Balaban J connectivity index is 0.00000364. The number of aromatic nitrogens is 1. The van der Waals surface area contributed by atoms with Gasteiger partial charge in [0.2, 0.25) is 0 Å². The Morgan fingerprint density at radius 1 is 1.22 bits per heavy atom. The van der Waals surface area contributed by atoms with Crippen LogP contribution in [-0.4, -0.2) is 43.0 Å². The molecule has 1 aromatic heterocycles. The minimum atomic E-state index is 0. The van der Waals surface area contributed by atoms with E-state index in [1.807, 2.05) is 0 Å². The molecule has 0 amide bonds. The number of aliphatic imine (C=N–C) groups is 1. The average molecular weight is 501 g/mol. The van der Waals surface area contributed by atoms with Gasteiger partial charge in [-0.15, -0.1) is 35.3 Å². The molecule has 2 aromatic rings. The van der Waals surface area contributed by atoms with Crippen molar-refractivity contribution in [3.63, 3.8) is 0 Å². The van der Waals surface area contributed by atoms with Crippen LogP contribution in [0.4, 0.5) is 0 Å². The quantitative estimate of drug-likeness (QED) is 0.329. The van der Waals surface area contributed by atoms with E-state index in [1.54, 1.807) is 18.4 Å². The fourth-order valence-electron chi connectivity index (χ4n) is 2.60. The molecule has 0 saturated heterocycles. The second-order valence-corrected chi connectivity index (χ2v) is 7.79. The van der Waals surface area contributed by atoms with Gasteiger partial charge in [0, 0.05) is 38.0 Å². The monoisotopic (exact) mass is 501 g/mol.